The number of nitrogens with zero attached hydrogens (tertiary/aromatic N) is 2. The van der Waals surface area contributed by atoms with Crippen molar-refractivity contribution in [1.82, 2.24) is 9.88 Å². The zero-order valence-electron chi connectivity index (χ0n) is 14.3. The van der Waals surface area contributed by atoms with Crippen LogP contribution in [0.25, 0.3) is 11.3 Å². The molecule has 1 atom stereocenters. The molecule has 0 fully saturated rings. The number of thiocarbonyl (C=S) groups is 1. The molecule has 1 heterocycles. The summed E-state index contributed by atoms with van der Waals surface area (Å²) < 4.78 is 13.7. The van der Waals surface area contributed by atoms with Crippen molar-refractivity contribution in [3.05, 3.63) is 35.5 Å². The number of aromatic nitrogens is 1. The number of hydrogen-bond acceptors (Lipinski definition) is 5. The molecule has 0 saturated carbocycles. The summed E-state index contributed by atoms with van der Waals surface area (Å²) in [7, 11) is 0. The molecule has 0 aliphatic rings. The van der Waals surface area contributed by atoms with Gasteiger partial charge in [-0.15, -0.1) is 11.3 Å². The zero-order chi connectivity index (χ0) is 18.4. The molecular weight excluding hydrogens is 377 g/mol. The summed E-state index contributed by atoms with van der Waals surface area (Å²) in [5.74, 6) is -0.429. The molecule has 134 valence electrons. The van der Waals surface area contributed by atoms with Crippen LogP contribution < -0.4 is 5.32 Å². The molecule has 2 aromatic rings. The van der Waals surface area contributed by atoms with Gasteiger partial charge in [-0.3, -0.25) is 4.79 Å². The van der Waals surface area contributed by atoms with Crippen LogP contribution in [0.4, 0.5) is 9.52 Å². The first-order valence-electron chi connectivity index (χ1n) is 7.92. The van der Waals surface area contributed by atoms with Gasteiger partial charge in [0.25, 0.3) is 0 Å². The number of hydrogen-bond donors (Lipinski definition) is 1. The smallest absolute Gasteiger partial charge is 0.239 e. The van der Waals surface area contributed by atoms with Gasteiger partial charge < -0.3 is 10.2 Å². The SMILES string of the molecule is CCN(CC)C(=S)S[C@H](C)C(=O)Nc1nc(-c2ccc(F)cc2)cs1. The maximum absolute atomic E-state index is 13.0. The molecule has 0 unspecified atom stereocenters. The fraction of sp³-hybridized carbons (Fsp3) is 0.353. The van der Waals surface area contributed by atoms with Crippen LogP contribution in [0.3, 0.4) is 0 Å². The maximum Gasteiger partial charge on any atom is 0.239 e. The molecule has 2 rings (SSSR count). The Morgan fingerprint density at radius 1 is 1.36 bits per heavy atom. The van der Waals surface area contributed by atoms with Gasteiger partial charge in [-0.05, 0) is 45.0 Å². The van der Waals surface area contributed by atoms with Crippen molar-refractivity contribution in [3.8, 4) is 11.3 Å². The first kappa shape index (κ1) is 19.8. The Morgan fingerprint density at radius 2 is 2.00 bits per heavy atom. The summed E-state index contributed by atoms with van der Waals surface area (Å²) >= 11 is 8.09. The van der Waals surface area contributed by atoms with Gasteiger partial charge in [0.05, 0.1) is 10.9 Å². The van der Waals surface area contributed by atoms with Gasteiger partial charge in [0.2, 0.25) is 5.91 Å². The molecule has 8 heteroatoms. The number of anilines is 1. The van der Waals surface area contributed by atoms with E-state index in [0.29, 0.717) is 10.8 Å². The molecular formula is C17H20FN3OS3. The Morgan fingerprint density at radius 3 is 2.60 bits per heavy atom. The van der Waals surface area contributed by atoms with Gasteiger partial charge in [-0.2, -0.15) is 0 Å². The second kappa shape index (κ2) is 9.26. The van der Waals surface area contributed by atoms with E-state index in [1.807, 2.05) is 31.1 Å². The molecule has 0 aliphatic carbocycles. The molecule has 1 aromatic carbocycles. The highest BCUT2D eigenvalue weighted by Gasteiger charge is 2.19. The lowest BCUT2D eigenvalue weighted by atomic mass is 10.2. The lowest BCUT2D eigenvalue weighted by Gasteiger charge is -2.22. The first-order valence-corrected chi connectivity index (χ1v) is 10.1. The van der Waals surface area contributed by atoms with E-state index in [-0.39, 0.29) is 17.0 Å². The van der Waals surface area contributed by atoms with Gasteiger partial charge in [-0.25, -0.2) is 9.37 Å². The highest BCUT2D eigenvalue weighted by Crippen LogP contribution is 2.26. The molecule has 1 N–H and O–H groups in total. The summed E-state index contributed by atoms with van der Waals surface area (Å²) in [5, 5.41) is 4.86. The molecule has 0 aliphatic heterocycles. The van der Waals surface area contributed by atoms with Gasteiger partial charge in [0.1, 0.15) is 10.1 Å². The van der Waals surface area contributed by atoms with Crippen molar-refractivity contribution in [2.45, 2.75) is 26.0 Å². The number of benzene rings is 1. The summed E-state index contributed by atoms with van der Waals surface area (Å²) in [5.41, 5.74) is 1.52. The van der Waals surface area contributed by atoms with Crippen molar-refractivity contribution in [3.63, 3.8) is 0 Å². The minimum absolute atomic E-state index is 0.139. The van der Waals surface area contributed by atoms with E-state index in [4.69, 9.17) is 12.2 Å². The Hall–Kier alpha value is -1.51. The molecule has 4 nitrogen and oxygen atoms in total. The third kappa shape index (κ3) is 5.49. The van der Waals surface area contributed by atoms with E-state index in [0.717, 1.165) is 23.0 Å². The quantitative estimate of drug-likeness (QED) is 0.720. The van der Waals surface area contributed by atoms with E-state index in [2.05, 4.69) is 10.3 Å². The van der Waals surface area contributed by atoms with Crippen LogP contribution in [0.1, 0.15) is 20.8 Å². The normalized spacial score (nSPS) is 11.8. The van der Waals surface area contributed by atoms with Crippen molar-refractivity contribution < 1.29 is 9.18 Å². The van der Waals surface area contributed by atoms with Crippen LogP contribution in [0.5, 0.6) is 0 Å². The maximum atomic E-state index is 13.0. The van der Waals surface area contributed by atoms with Crippen LogP contribution >= 0.6 is 35.3 Å². The van der Waals surface area contributed by atoms with Gasteiger partial charge in [0, 0.05) is 24.0 Å². The third-order valence-electron chi connectivity index (χ3n) is 3.54. The summed E-state index contributed by atoms with van der Waals surface area (Å²) in [6.07, 6.45) is 0. The number of thiazole rings is 1. The van der Waals surface area contributed by atoms with E-state index in [9.17, 15) is 9.18 Å². The van der Waals surface area contributed by atoms with E-state index in [1.165, 1.54) is 35.2 Å². The van der Waals surface area contributed by atoms with Crippen LogP contribution in [0.2, 0.25) is 0 Å². The van der Waals surface area contributed by atoms with Gasteiger partial charge >= 0.3 is 0 Å². The minimum atomic E-state index is -0.314. The Kier molecular flexibility index (Phi) is 7.34. The largest absolute Gasteiger partial charge is 0.358 e. The Balaban J connectivity index is 1.96. The molecule has 0 saturated heterocycles. The number of halogens is 1. The van der Waals surface area contributed by atoms with E-state index in [1.54, 1.807) is 12.1 Å². The van der Waals surface area contributed by atoms with Crippen LogP contribution in [0.15, 0.2) is 29.6 Å². The highest BCUT2D eigenvalue weighted by molar-refractivity contribution is 8.23. The fourth-order valence-electron chi connectivity index (χ4n) is 2.05. The predicted octanol–water partition coefficient (Wildman–Crippen LogP) is 4.64. The summed E-state index contributed by atoms with van der Waals surface area (Å²) in [6.45, 7) is 7.54. The Bertz CT molecular complexity index is 729. The van der Waals surface area contributed by atoms with E-state index >= 15 is 0 Å². The van der Waals surface area contributed by atoms with Crippen LogP contribution in [0, 0.1) is 5.82 Å². The van der Waals surface area contributed by atoms with Crippen LogP contribution in [-0.4, -0.2) is 38.5 Å². The number of carbonyl (C=O) groups excluding carboxylic acids is 1. The molecule has 0 radical (unpaired) electrons. The minimum Gasteiger partial charge on any atom is -0.358 e. The van der Waals surface area contributed by atoms with Crippen molar-refractivity contribution >= 4 is 50.7 Å². The van der Waals surface area contributed by atoms with Gasteiger partial charge in [0.15, 0.2) is 5.13 Å². The van der Waals surface area contributed by atoms with Crippen molar-refractivity contribution in [2.75, 3.05) is 18.4 Å². The number of nitrogens with one attached hydrogen (secondary N) is 1. The van der Waals surface area contributed by atoms with Crippen molar-refractivity contribution in [1.29, 1.82) is 0 Å². The standard InChI is InChI=1S/C17H20FN3OS3/c1-4-21(5-2)17(23)25-11(3)15(22)20-16-19-14(10-24-16)12-6-8-13(18)9-7-12/h6-11H,4-5H2,1-3H3,(H,19,20,22)/t11-/m1/s1. The first-order chi connectivity index (χ1) is 11.9. The number of rotatable bonds is 6. The zero-order valence-corrected chi connectivity index (χ0v) is 16.7. The molecule has 1 aromatic heterocycles. The highest BCUT2D eigenvalue weighted by atomic mass is 32.2. The average Bonchev–Trinajstić information content (AvgIpc) is 3.05. The van der Waals surface area contributed by atoms with Gasteiger partial charge in [-0.1, -0.05) is 24.0 Å². The summed E-state index contributed by atoms with van der Waals surface area (Å²) in [4.78, 5) is 18.8. The number of thioether (sulfide) groups is 1. The van der Waals surface area contributed by atoms with Crippen LogP contribution in [-0.2, 0) is 4.79 Å². The molecule has 1 amide bonds. The lowest BCUT2D eigenvalue weighted by Crippen LogP contribution is -2.31. The second-order valence-electron chi connectivity index (χ2n) is 5.23. The molecule has 25 heavy (non-hydrogen) atoms. The van der Waals surface area contributed by atoms with E-state index < -0.39 is 0 Å². The molecule has 0 spiro atoms. The summed E-state index contributed by atoms with van der Waals surface area (Å²) in [6, 6.07) is 6.10. The van der Waals surface area contributed by atoms with Crippen molar-refractivity contribution in [2.24, 2.45) is 0 Å². The Labute approximate surface area is 160 Å². The average molecular weight is 398 g/mol. The lowest BCUT2D eigenvalue weighted by molar-refractivity contribution is -0.115. The topological polar surface area (TPSA) is 45.2 Å². The predicted molar refractivity (Wildman–Crippen MR) is 109 cm³/mol. The number of carbonyl (C=O) groups is 1. The monoisotopic (exact) mass is 397 g/mol. The molecule has 0 bridgehead atoms. The number of amides is 1. The third-order valence-corrected chi connectivity index (χ3v) is 5.87. The fourth-order valence-corrected chi connectivity index (χ4v) is 4.34. The second-order valence-corrected chi connectivity index (χ2v) is 8.07.